The molecule has 0 aliphatic heterocycles. The van der Waals surface area contributed by atoms with Crippen molar-refractivity contribution in [2.75, 3.05) is 6.61 Å². The van der Waals surface area contributed by atoms with Crippen LogP contribution >= 0.6 is 11.3 Å². The molecule has 6 heteroatoms. The van der Waals surface area contributed by atoms with Gasteiger partial charge >= 0.3 is 0 Å². The van der Waals surface area contributed by atoms with Crippen molar-refractivity contribution in [1.29, 1.82) is 0 Å². The van der Waals surface area contributed by atoms with Crippen molar-refractivity contribution in [3.05, 3.63) is 59.6 Å². The monoisotopic (exact) mass is 327 g/mol. The highest BCUT2D eigenvalue weighted by atomic mass is 32.1. The summed E-state index contributed by atoms with van der Waals surface area (Å²) in [4.78, 5) is 13.5. The normalized spacial score (nSPS) is 12.1. The lowest BCUT2D eigenvalue weighted by atomic mass is 10.2. The number of hydrogen-bond donors (Lipinski definition) is 2. The summed E-state index contributed by atoms with van der Waals surface area (Å²) in [5.41, 5.74) is 2.02. The predicted octanol–water partition coefficient (Wildman–Crippen LogP) is 2.71. The number of carbonyl (C=O) groups is 1. The van der Waals surface area contributed by atoms with E-state index in [1.165, 1.54) is 0 Å². The van der Waals surface area contributed by atoms with Crippen molar-refractivity contribution in [1.82, 2.24) is 15.1 Å². The third-order valence-corrected chi connectivity index (χ3v) is 4.26. The molecule has 3 aromatic rings. The maximum atomic E-state index is 12.5. The highest BCUT2D eigenvalue weighted by Crippen LogP contribution is 2.25. The molecule has 0 spiro atoms. The van der Waals surface area contributed by atoms with Crippen LogP contribution in [0.2, 0.25) is 0 Å². The van der Waals surface area contributed by atoms with E-state index in [1.54, 1.807) is 29.0 Å². The molecule has 1 atom stereocenters. The topological polar surface area (TPSA) is 67.2 Å². The van der Waals surface area contributed by atoms with Crippen LogP contribution in [0.3, 0.4) is 0 Å². The summed E-state index contributed by atoms with van der Waals surface area (Å²) in [5.74, 6) is -0.259. The predicted molar refractivity (Wildman–Crippen MR) is 90.9 cm³/mol. The standard InChI is InChI=1S/C17H17N3O2S/c1-12(11-21)18-17(22)15-10-14(16-8-5-9-23-16)19-20(15)13-6-3-2-4-7-13/h2-10,12,21H,11H2,1H3,(H,18,22). The molecule has 0 saturated carbocycles. The fourth-order valence-corrected chi connectivity index (χ4v) is 2.88. The number of para-hydroxylation sites is 1. The van der Waals surface area contributed by atoms with E-state index in [0.29, 0.717) is 5.69 Å². The number of benzene rings is 1. The van der Waals surface area contributed by atoms with E-state index in [9.17, 15) is 4.79 Å². The van der Waals surface area contributed by atoms with E-state index >= 15 is 0 Å². The summed E-state index contributed by atoms with van der Waals surface area (Å²) >= 11 is 1.58. The molecule has 0 aliphatic carbocycles. The van der Waals surface area contributed by atoms with Gasteiger partial charge in [-0.15, -0.1) is 11.3 Å². The number of hydrogen-bond acceptors (Lipinski definition) is 4. The van der Waals surface area contributed by atoms with Gasteiger partial charge in [0.05, 0.1) is 17.2 Å². The molecule has 0 saturated heterocycles. The fraction of sp³-hybridized carbons (Fsp3) is 0.176. The molecule has 1 unspecified atom stereocenters. The van der Waals surface area contributed by atoms with Crippen LogP contribution in [0.5, 0.6) is 0 Å². The van der Waals surface area contributed by atoms with Gasteiger partial charge in [0.25, 0.3) is 5.91 Å². The number of aliphatic hydroxyl groups is 1. The van der Waals surface area contributed by atoms with Crippen molar-refractivity contribution in [3.8, 4) is 16.3 Å². The Hall–Kier alpha value is -2.44. The third-order valence-electron chi connectivity index (χ3n) is 3.37. The van der Waals surface area contributed by atoms with E-state index < -0.39 is 0 Å². The summed E-state index contributed by atoms with van der Waals surface area (Å²) in [6.07, 6.45) is 0. The molecule has 1 amide bonds. The van der Waals surface area contributed by atoms with E-state index in [4.69, 9.17) is 5.11 Å². The van der Waals surface area contributed by atoms with Gasteiger partial charge in [-0.05, 0) is 36.6 Å². The first-order valence-corrected chi connectivity index (χ1v) is 8.18. The molecular formula is C17H17N3O2S. The zero-order valence-corrected chi connectivity index (χ0v) is 13.5. The molecular weight excluding hydrogens is 310 g/mol. The molecule has 0 radical (unpaired) electrons. The number of amides is 1. The summed E-state index contributed by atoms with van der Waals surface area (Å²) in [6.45, 7) is 1.64. The molecule has 0 bridgehead atoms. The Balaban J connectivity index is 2.04. The van der Waals surface area contributed by atoms with Crippen molar-refractivity contribution >= 4 is 17.2 Å². The van der Waals surface area contributed by atoms with E-state index in [0.717, 1.165) is 16.3 Å². The van der Waals surface area contributed by atoms with Gasteiger partial charge in [-0.3, -0.25) is 4.79 Å². The molecule has 0 fully saturated rings. The number of nitrogens with one attached hydrogen (secondary N) is 1. The van der Waals surface area contributed by atoms with Gasteiger partial charge < -0.3 is 10.4 Å². The molecule has 3 rings (SSSR count). The molecule has 0 aliphatic rings. The van der Waals surface area contributed by atoms with Gasteiger partial charge in [0.2, 0.25) is 0 Å². The number of aliphatic hydroxyl groups excluding tert-OH is 1. The Morgan fingerprint density at radius 2 is 2.09 bits per heavy atom. The highest BCUT2D eigenvalue weighted by Gasteiger charge is 2.19. The number of aromatic nitrogens is 2. The van der Waals surface area contributed by atoms with Crippen LogP contribution < -0.4 is 5.32 Å². The Labute approximate surface area is 138 Å². The quantitative estimate of drug-likeness (QED) is 0.757. The number of carbonyl (C=O) groups excluding carboxylic acids is 1. The summed E-state index contributed by atoms with van der Waals surface area (Å²) in [5, 5.41) is 18.5. The van der Waals surface area contributed by atoms with Crippen molar-refractivity contribution in [2.24, 2.45) is 0 Å². The zero-order valence-electron chi connectivity index (χ0n) is 12.6. The van der Waals surface area contributed by atoms with Gasteiger partial charge in [0.15, 0.2) is 0 Å². The van der Waals surface area contributed by atoms with E-state index in [2.05, 4.69) is 10.4 Å². The molecule has 2 N–H and O–H groups in total. The average Bonchev–Trinajstić information content (AvgIpc) is 3.24. The number of nitrogens with zero attached hydrogens (tertiary/aromatic N) is 2. The minimum Gasteiger partial charge on any atom is -0.394 e. The number of rotatable bonds is 5. The van der Waals surface area contributed by atoms with Crippen LogP contribution in [-0.4, -0.2) is 33.4 Å². The lowest BCUT2D eigenvalue weighted by Gasteiger charge is -2.12. The lowest BCUT2D eigenvalue weighted by molar-refractivity contribution is 0.0914. The first-order valence-electron chi connectivity index (χ1n) is 7.30. The van der Waals surface area contributed by atoms with Gasteiger partial charge in [-0.1, -0.05) is 24.3 Å². The van der Waals surface area contributed by atoms with Crippen LogP contribution in [0.1, 0.15) is 17.4 Å². The summed E-state index contributed by atoms with van der Waals surface area (Å²) in [6, 6.07) is 14.9. The smallest absolute Gasteiger partial charge is 0.270 e. The van der Waals surface area contributed by atoms with Crippen LogP contribution in [0.4, 0.5) is 0 Å². The third kappa shape index (κ3) is 3.33. The van der Waals surface area contributed by atoms with Crippen LogP contribution in [0, 0.1) is 0 Å². The fourth-order valence-electron chi connectivity index (χ4n) is 2.20. The maximum absolute atomic E-state index is 12.5. The first kappa shape index (κ1) is 15.5. The highest BCUT2D eigenvalue weighted by molar-refractivity contribution is 7.13. The zero-order chi connectivity index (χ0) is 16.2. The average molecular weight is 327 g/mol. The maximum Gasteiger partial charge on any atom is 0.270 e. The molecule has 118 valence electrons. The largest absolute Gasteiger partial charge is 0.394 e. The molecule has 5 nitrogen and oxygen atoms in total. The van der Waals surface area contributed by atoms with Crippen LogP contribution in [-0.2, 0) is 0 Å². The van der Waals surface area contributed by atoms with Crippen molar-refractivity contribution < 1.29 is 9.90 Å². The second kappa shape index (κ2) is 6.76. The van der Waals surface area contributed by atoms with Gasteiger partial charge in [0.1, 0.15) is 11.4 Å². The van der Waals surface area contributed by atoms with Crippen molar-refractivity contribution in [2.45, 2.75) is 13.0 Å². The Morgan fingerprint density at radius 3 is 2.74 bits per heavy atom. The minimum atomic E-state index is -0.313. The summed E-state index contributed by atoms with van der Waals surface area (Å²) in [7, 11) is 0. The van der Waals surface area contributed by atoms with E-state index in [1.807, 2.05) is 47.8 Å². The van der Waals surface area contributed by atoms with Gasteiger partial charge in [-0.25, -0.2) is 4.68 Å². The second-order valence-electron chi connectivity index (χ2n) is 5.20. The lowest BCUT2D eigenvalue weighted by Crippen LogP contribution is -2.36. The van der Waals surface area contributed by atoms with Crippen molar-refractivity contribution in [3.63, 3.8) is 0 Å². The molecule has 23 heavy (non-hydrogen) atoms. The molecule has 2 heterocycles. The molecule has 2 aromatic heterocycles. The van der Waals surface area contributed by atoms with Gasteiger partial charge in [0, 0.05) is 6.04 Å². The Bertz CT molecular complexity index is 782. The van der Waals surface area contributed by atoms with Crippen LogP contribution in [0.15, 0.2) is 53.9 Å². The second-order valence-corrected chi connectivity index (χ2v) is 6.14. The summed E-state index contributed by atoms with van der Waals surface area (Å²) < 4.78 is 1.63. The van der Waals surface area contributed by atoms with Gasteiger partial charge in [-0.2, -0.15) is 5.10 Å². The Morgan fingerprint density at radius 1 is 1.30 bits per heavy atom. The SMILES string of the molecule is CC(CO)NC(=O)c1cc(-c2cccs2)nn1-c1ccccc1. The minimum absolute atomic E-state index is 0.108. The number of thiophene rings is 1. The van der Waals surface area contributed by atoms with Crippen LogP contribution in [0.25, 0.3) is 16.3 Å². The van der Waals surface area contributed by atoms with E-state index in [-0.39, 0.29) is 18.6 Å². The first-order chi connectivity index (χ1) is 11.2. The molecule has 1 aromatic carbocycles. The Kier molecular flexibility index (Phi) is 4.55.